The van der Waals surface area contributed by atoms with E-state index in [-0.39, 0.29) is 18.3 Å². The van der Waals surface area contributed by atoms with Crippen LogP contribution in [-0.4, -0.2) is 44.7 Å². The van der Waals surface area contributed by atoms with Crippen LogP contribution in [0.1, 0.15) is 18.6 Å². The molecule has 2 aromatic rings. The van der Waals surface area contributed by atoms with Gasteiger partial charge in [-0.2, -0.15) is 0 Å². The predicted octanol–water partition coefficient (Wildman–Crippen LogP) is 2.83. The maximum atomic E-state index is 13.0. The summed E-state index contributed by atoms with van der Waals surface area (Å²) in [5.74, 6) is 0.949. The lowest BCUT2D eigenvalue weighted by atomic mass is 9.78. The van der Waals surface area contributed by atoms with Gasteiger partial charge in [0.2, 0.25) is 5.91 Å². The van der Waals surface area contributed by atoms with Crippen LogP contribution in [0.3, 0.4) is 0 Å². The monoisotopic (exact) mass is 352 g/mol. The smallest absolute Gasteiger partial charge is 0.231 e. The van der Waals surface area contributed by atoms with E-state index in [2.05, 4.69) is 5.32 Å². The molecule has 1 aromatic heterocycles. The van der Waals surface area contributed by atoms with Gasteiger partial charge in [0.05, 0.1) is 18.6 Å². The van der Waals surface area contributed by atoms with E-state index in [4.69, 9.17) is 9.15 Å². The van der Waals surface area contributed by atoms with Crippen molar-refractivity contribution in [3.05, 3.63) is 36.1 Å². The van der Waals surface area contributed by atoms with Crippen molar-refractivity contribution in [3.8, 4) is 0 Å². The third-order valence-corrected chi connectivity index (χ3v) is 4.65. The Morgan fingerprint density at radius 2 is 2.04 bits per heavy atom. The summed E-state index contributed by atoms with van der Waals surface area (Å²) in [5, 5.41) is 4.38. The van der Waals surface area contributed by atoms with E-state index in [9.17, 15) is 4.79 Å². The zero-order valence-electron chi connectivity index (χ0n) is 14.2. The van der Waals surface area contributed by atoms with Crippen LogP contribution in [0.4, 0.5) is 0 Å². The van der Waals surface area contributed by atoms with Crippen molar-refractivity contribution in [2.24, 2.45) is 5.41 Å². The third kappa shape index (κ3) is 3.74. The summed E-state index contributed by atoms with van der Waals surface area (Å²) in [7, 11) is 3.51. The fourth-order valence-electron chi connectivity index (χ4n) is 3.43. The molecule has 132 valence electrons. The second kappa shape index (κ2) is 8.01. The Labute approximate surface area is 148 Å². The molecule has 0 radical (unpaired) electrons. The zero-order valence-corrected chi connectivity index (χ0v) is 15.0. The molecule has 1 N–H and O–H groups in total. The molecule has 5 nitrogen and oxygen atoms in total. The molecule has 0 bridgehead atoms. The van der Waals surface area contributed by atoms with Crippen LogP contribution in [0.25, 0.3) is 11.0 Å². The number of halogens is 1. The van der Waals surface area contributed by atoms with E-state index in [0.29, 0.717) is 13.2 Å². The number of nitrogens with one attached hydrogen (secondary N) is 1. The first-order valence-electron chi connectivity index (χ1n) is 8.07. The second-order valence-electron chi connectivity index (χ2n) is 6.38. The first-order chi connectivity index (χ1) is 11.1. The molecule has 24 heavy (non-hydrogen) atoms. The molecule has 1 amide bonds. The van der Waals surface area contributed by atoms with Crippen molar-refractivity contribution < 1.29 is 13.9 Å². The minimum absolute atomic E-state index is 0. The summed E-state index contributed by atoms with van der Waals surface area (Å²) in [4.78, 5) is 14.8. The van der Waals surface area contributed by atoms with Crippen LogP contribution in [0.5, 0.6) is 0 Å². The van der Waals surface area contributed by atoms with Gasteiger partial charge in [0.25, 0.3) is 0 Å². The van der Waals surface area contributed by atoms with Gasteiger partial charge in [0.1, 0.15) is 11.3 Å². The number of nitrogens with zero attached hydrogens (tertiary/aromatic N) is 1. The normalized spacial score (nSPS) is 16.6. The highest BCUT2D eigenvalue weighted by Crippen LogP contribution is 2.32. The van der Waals surface area contributed by atoms with E-state index < -0.39 is 5.41 Å². The number of methoxy groups -OCH3 is 1. The highest BCUT2D eigenvalue weighted by Gasteiger charge is 2.41. The number of hydrogen-bond donors (Lipinski definition) is 1. The van der Waals surface area contributed by atoms with Gasteiger partial charge in [-0.3, -0.25) is 4.79 Å². The lowest BCUT2D eigenvalue weighted by Crippen LogP contribution is -2.50. The number of amides is 1. The van der Waals surface area contributed by atoms with Crippen molar-refractivity contribution >= 4 is 29.3 Å². The highest BCUT2D eigenvalue weighted by molar-refractivity contribution is 5.85. The third-order valence-electron chi connectivity index (χ3n) is 4.65. The van der Waals surface area contributed by atoms with Crippen LogP contribution in [0.15, 0.2) is 34.7 Å². The number of carbonyl (C=O) groups excluding carboxylic acids is 1. The molecule has 0 atom stereocenters. The fraction of sp³-hybridized carbons (Fsp3) is 0.500. The van der Waals surface area contributed by atoms with Gasteiger partial charge in [-0.1, -0.05) is 18.2 Å². The first kappa shape index (κ1) is 18.8. The first-order valence-corrected chi connectivity index (χ1v) is 8.07. The summed E-state index contributed by atoms with van der Waals surface area (Å²) in [6, 6.07) is 9.90. The number of furan rings is 1. The Morgan fingerprint density at radius 3 is 2.71 bits per heavy atom. The van der Waals surface area contributed by atoms with E-state index in [1.54, 1.807) is 12.0 Å². The van der Waals surface area contributed by atoms with Gasteiger partial charge in [0.15, 0.2) is 0 Å². The van der Waals surface area contributed by atoms with E-state index in [1.165, 1.54) is 0 Å². The Bertz CT molecular complexity index is 641. The summed E-state index contributed by atoms with van der Waals surface area (Å²) < 4.78 is 11.2. The Hall–Kier alpha value is -1.56. The molecular weight excluding hydrogens is 328 g/mol. The molecular formula is C18H25ClN2O3. The molecule has 1 aromatic carbocycles. The highest BCUT2D eigenvalue weighted by atomic mass is 35.5. The fourth-order valence-corrected chi connectivity index (χ4v) is 3.43. The maximum absolute atomic E-state index is 13.0. The average molecular weight is 353 g/mol. The number of carbonyl (C=O) groups is 1. The molecule has 3 rings (SSSR count). The number of para-hydroxylation sites is 1. The molecule has 6 heteroatoms. The predicted molar refractivity (Wildman–Crippen MR) is 96.3 cm³/mol. The maximum Gasteiger partial charge on any atom is 0.231 e. The van der Waals surface area contributed by atoms with Crippen molar-refractivity contribution in [3.63, 3.8) is 0 Å². The number of ether oxygens (including phenoxy) is 1. The summed E-state index contributed by atoms with van der Waals surface area (Å²) >= 11 is 0. The summed E-state index contributed by atoms with van der Waals surface area (Å²) in [6.07, 6.45) is 1.62. The topological polar surface area (TPSA) is 54.7 Å². The van der Waals surface area contributed by atoms with Crippen LogP contribution >= 0.6 is 12.4 Å². The summed E-state index contributed by atoms with van der Waals surface area (Å²) in [6.45, 7) is 2.66. The second-order valence-corrected chi connectivity index (χ2v) is 6.38. The number of fused-ring (bicyclic) bond motifs is 1. The minimum atomic E-state index is -0.416. The van der Waals surface area contributed by atoms with Gasteiger partial charge in [-0.25, -0.2) is 0 Å². The average Bonchev–Trinajstić information content (AvgIpc) is 2.97. The Kier molecular flexibility index (Phi) is 6.27. The molecule has 0 saturated carbocycles. The standard InChI is InChI=1S/C18H24N2O3.ClH/c1-20(12-15-11-14-5-3-4-6-16(14)23-15)17(21)18(13-22-2)7-9-19-10-8-18;/h3-6,11,19H,7-10,12-13H2,1-2H3;1H. The van der Waals surface area contributed by atoms with Gasteiger partial charge < -0.3 is 19.4 Å². The lowest BCUT2D eigenvalue weighted by Gasteiger charge is -2.38. The van der Waals surface area contributed by atoms with Crippen molar-refractivity contribution in [2.45, 2.75) is 19.4 Å². The number of hydrogen-bond acceptors (Lipinski definition) is 4. The molecule has 0 spiro atoms. The quantitative estimate of drug-likeness (QED) is 0.899. The van der Waals surface area contributed by atoms with E-state index >= 15 is 0 Å². The van der Waals surface area contributed by atoms with Crippen LogP contribution in [-0.2, 0) is 16.1 Å². The van der Waals surface area contributed by atoms with Gasteiger partial charge in [-0.05, 0) is 38.1 Å². The number of rotatable bonds is 5. The Balaban J connectivity index is 0.00000208. The van der Waals surface area contributed by atoms with Gasteiger partial charge in [-0.15, -0.1) is 12.4 Å². The lowest BCUT2D eigenvalue weighted by molar-refractivity contribution is -0.147. The van der Waals surface area contributed by atoms with Crippen LogP contribution in [0.2, 0.25) is 0 Å². The SMILES string of the molecule is COCC1(C(=O)N(C)Cc2cc3ccccc3o2)CCNCC1.Cl. The summed E-state index contributed by atoms with van der Waals surface area (Å²) in [5.41, 5.74) is 0.442. The number of piperidine rings is 1. The molecule has 1 fully saturated rings. The van der Waals surface area contributed by atoms with E-state index in [1.807, 2.05) is 37.4 Å². The molecule has 0 aliphatic carbocycles. The van der Waals surface area contributed by atoms with Gasteiger partial charge >= 0.3 is 0 Å². The minimum Gasteiger partial charge on any atom is -0.459 e. The van der Waals surface area contributed by atoms with Crippen molar-refractivity contribution in [1.82, 2.24) is 10.2 Å². The Morgan fingerprint density at radius 1 is 1.33 bits per heavy atom. The molecule has 1 saturated heterocycles. The zero-order chi connectivity index (χ0) is 16.3. The molecule has 2 heterocycles. The van der Waals surface area contributed by atoms with E-state index in [0.717, 1.165) is 42.7 Å². The van der Waals surface area contributed by atoms with Crippen molar-refractivity contribution in [2.75, 3.05) is 33.9 Å². The molecule has 1 aliphatic rings. The molecule has 1 aliphatic heterocycles. The van der Waals surface area contributed by atoms with Gasteiger partial charge in [0, 0.05) is 19.5 Å². The van der Waals surface area contributed by atoms with Crippen LogP contribution in [0, 0.1) is 5.41 Å². The molecule has 0 unspecified atom stereocenters. The van der Waals surface area contributed by atoms with Crippen molar-refractivity contribution in [1.29, 1.82) is 0 Å². The largest absolute Gasteiger partial charge is 0.459 e. The number of benzene rings is 1. The van der Waals surface area contributed by atoms with Crippen LogP contribution < -0.4 is 5.32 Å².